The first kappa shape index (κ1) is 15.7. The molecule has 0 radical (unpaired) electrons. The van der Waals surface area contributed by atoms with Crippen molar-refractivity contribution in [2.45, 2.75) is 25.8 Å². The molecule has 104 valence electrons. The van der Waals surface area contributed by atoms with Gasteiger partial charge >= 0.3 is 0 Å². The Morgan fingerprint density at radius 2 is 1.63 bits per heavy atom. The summed E-state index contributed by atoms with van der Waals surface area (Å²) in [4.78, 5) is 23.1. The third kappa shape index (κ3) is 4.33. The Bertz CT molecular complexity index is 439. The van der Waals surface area contributed by atoms with Gasteiger partial charge in [0.05, 0.1) is 0 Å². The first-order valence-corrected chi connectivity index (χ1v) is 6.29. The van der Waals surface area contributed by atoms with Gasteiger partial charge in [-0.05, 0) is 45.0 Å². The van der Waals surface area contributed by atoms with Crippen molar-refractivity contribution in [2.24, 2.45) is 0 Å². The normalized spacial score (nSPS) is 15.4. The predicted octanol–water partition coefficient (Wildman–Crippen LogP) is 1.79. The Balaban J connectivity index is 0.00000180. The van der Waals surface area contributed by atoms with Gasteiger partial charge in [-0.1, -0.05) is 12.1 Å². The van der Waals surface area contributed by atoms with Crippen molar-refractivity contribution in [3.8, 4) is 0 Å². The number of nitrogens with one attached hydrogen (secondary N) is 2. The molecule has 1 amide bonds. The van der Waals surface area contributed by atoms with Crippen LogP contribution in [0.15, 0.2) is 24.3 Å². The standard InChI is InChI=1S/C14H18N2O2.ClH/c1-10(17)11-2-4-12(5-3-11)14(18)16-13-6-8-15-9-7-13;/h2-5,13,15H,6-9H2,1H3,(H,16,18);1H. The molecule has 0 unspecified atom stereocenters. The summed E-state index contributed by atoms with van der Waals surface area (Å²) >= 11 is 0. The quantitative estimate of drug-likeness (QED) is 0.831. The van der Waals surface area contributed by atoms with E-state index in [1.807, 2.05) is 0 Å². The van der Waals surface area contributed by atoms with Crippen LogP contribution in [0.4, 0.5) is 0 Å². The summed E-state index contributed by atoms with van der Waals surface area (Å²) < 4.78 is 0. The van der Waals surface area contributed by atoms with Crippen LogP contribution in [0.3, 0.4) is 0 Å². The Labute approximate surface area is 119 Å². The number of halogens is 1. The van der Waals surface area contributed by atoms with E-state index in [1.165, 1.54) is 6.92 Å². The number of carbonyl (C=O) groups excluding carboxylic acids is 2. The highest BCUT2D eigenvalue weighted by atomic mass is 35.5. The monoisotopic (exact) mass is 282 g/mol. The zero-order valence-electron chi connectivity index (χ0n) is 10.9. The lowest BCUT2D eigenvalue weighted by Crippen LogP contribution is -2.42. The van der Waals surface area contributed by atoms with Gasteiger partial charge in [-0.3, -0.25) is 9.59 Å². The van der Waals surface area contributed by atoms with Crippen LogP contribution in [0.2, 0.25) is 0 Å². The van der Waals surface area contributed by atoms with E-state index in [9.17, 15) is 9.59 Å². The largest absolute Gasteiger partial charge is 0.349 e. The fourth-order valence-electron chi connectivity index (χ4n) is 2.09. The van der Waals surface area contributed by atoms with E-state index in [1.54, 1.807) is 24.3 Å². The second-order valence-corrected chi connectivity index (χ2v) is 4.63. The van der Waals surface area contributed by atoms with Gasteiger partial charge in [-0.15, -0.1) is 12.4 Å². The summed E-state index contributed by atoms with van der Waals surface area (Å²) in [5.74, 6) is -0.0442. The average Bonchev–Trinajstić information content (AvgIpc) is 2.40. The minimum Gasteiger partial charge on any atom is -0.349 e. The number of hydrogen-bond acceptors (Lipinski definition) is 3. The van der Waals surface area contributed by atoms with E-state index in [0.717, 1.165) is 25.9 Å². The summed E-state index contributed by atoms with van der Waals surface area (Å²) in [5.41, 5.74) is 1.24. The van der Waals surface area contributed by atoms with Crippen molar-refractivity contribution in [2.75, 3.05) is 13.1 Å². The van der Waals surface area contributed by atoms with E-state index < -0.39 is 0 Å². The fraction of sp³-hybridized carbons (Fsp3) is 0.429. The number of rotatable bonds is 3. The van der Waals surface area contributed by atoms with Crippen LogP contribution in [0.1, 0.15) is 40.5 Å². The molecule has 0 spiro atoms. The summed E-state index contributed by atoms with van der Waals surface area (Å²) in [5, 5.41) is 6.28. The number of Topliss-reactive ketones (excluding diaryl/α,β-unsaturated/α-hetero) is 1. The fourth-order valence-corrected chi connectivity index (χ4v) is 2.09. The lowest BCUT2D eigenvalue weighted by atomic mass is 10.1. The van der Waals surface area contributed by atoms with Gasteiger partial charge in [0.15, 0.2) is 5.78 Å². The van der Waals surface area contributed by atoms with Crippen molar-refractivity contribution in [1.82, 2.24) is 10.6 Å². The minimum atomic E-state index is -0.0583. The lowest BCUT2D eigenvalue weighted by Gasteiger charge is -2.23. The molecule has 0 aromatic heterocycles. The summed E-state index contributed by atoms with van der Waals surface area (Å²) in [6.45, 7) is 3.42. The smallest absolute Gasteiger partial charge is 0.251 e. The van der Waals surface area contributed by atoms with Gasteiger partial charge in [0.2, 0.25) is 0 Å². The second-order valence-electron chi connectivity index (χ2n) is 4.63. The SMILES string of the molecule is CC(=O)c1ccc(C(=O)NC2CCNCC2)cc1.Cl. The zero-order chi connectivity index (χ0) is 13.0. The van der Waals surface area contributed by atoms with Gasteiger partial charge in [0.25, 0.3) is 5.91 Å². The van der Waals surface area contributed by atoms with E-state index in [4.69, 9.17) is 0 Å². The molecule has 0 bridgehead atoms. The molecule has 1 aromatic rings. The van der Waals surface area contributed by atoms with Crippen LogP contribution in [-0.2, 0) is 0 Å². The molecule has 1 aliphatic rings. The molecule has 1 aliphatic heterocycles. The molecule has 0 atom stereocenters. The number of benzene rings is 1. The Morgan fingerprint density at radius 1 is 1.11 bits per heavy atom. The zero-order valence-corrected chi connectivity index (χ0v) is 11.8. The third-order valence-electron chi connectivity index (χ3n) is 3.23. The Hall–Kier alpha value is -1.39. The highest BCUT2D eigenvalue weighted by Gasteiger charge is 2.16. The van der Waals surface area contributed by atoms with Gasteiger partial charge < -0.3 is 10.6 Å². The molecule has 0 aliphatic carbocycles. The third-order valence-corrected chi connectivity index (χ3v) is 3.23. The first-order chi connectivity index (χ1) is 8.66. The van der Waals surface area contributed by atoms with Crippen LogP contribution < -0.4 is 10.6 Å². The van der Waals surface area contributed by atoms with Crippen LogP contribution in [0, 0.1) is 0 Å². The first-order valence-electron chi connectivity index (χ1n) is 6.29. The number of hydrogen-bond donors (Lipinski definition) is 2. The highest BCUT2D eigenvalue weighted by molar-refractivity contribution is 5.97. The number of ketones is 1. The molecule has 19 heavy (non-hydrogen) atoms. The molecule has 0 saturated carbocycles. The average molecular weight is 283 g/mol. The van der Waals surface area contributed by atoms with Crippen molar-refractivity contribution < 1.29 is 9.59 Å². The maximum atomic E-state index is 12.0. The lowest BCUT2D eigenvalue weighted by molar-refractivity contribution is 0.0928. The van der Waals surface area contributed by atoms with Crippen LogP contribution in [-0.4, -0.2) is 30.8 Å². The van der Waals surface area contributed by atoms with E-state index in [-0.39, 0.29) is 30.1 Å². The van der Waals surface area contributed by atoms with E-state index in [0.29, 0.717) is 11.1 Å². The Kier molecular flexibility index (Phi) is 5.99. The van der Waals surface area contributed by atoms with Gasteiger partial charge in [-0.2, -0.15) is 0 Å². The summed E-state index contributed by atoms with van der Waals surface area (Å²) in [7, 11) is 0. The highest BCUT2D eigenvalue weighted by Crippen LogP contribution is 2.07. The maximum absolute atomic E-state index is 12.0. The molecule has 5 heteroatoms. The van der Waals surface area contributed by atoms with Gasteiger partial charge in [0.1, 0.15) is 0 Å². The minimum absolute atomic E-state index is 0. The molecular weight excluding hydrogens is 264 g/mol. The molecule has 2 N–H and O–H groups in total. The van der Waals surface area contributed by atoms with Crippen molar-refractivity contribution >= 4 is 24.1 Å². The molecule has 1 saturated heterocycles. The topological polar surface area (TPSA) is 58.2 Å². The summed E-state index contributed by atoms with van der Waals surface area (Å²) in [6, 6.07) is 7.05. The van der Waals surface area contributed by atoms with Crippen molar-refractivity contribution in [1.29, 1.82) is 0 Å². The van der Waals surface area contributed by atoms with Crippen molar-refractivity contribution in [3.05, 3.63) is 35.4 Å². The molecule has 4 nitrogen and oxygen atoms in total. The number of piperidine rings is 1. The number of amides is 1. The molecule has 1 aromatic carbocycles. The van der Waals surface area contributed by atoms with Crippen molar-refractivity contribution in [3.63, 3.8) is 0 Å². The van der Waals surface area contributed by atoms with E-state index in [2.05, 4.69) is 10.6 Å². The molecule has 1 heterocycles. The van der Waals surface area contributed by atoms with Crippen LogP contribution in [0.25, 0.3) is 0 Å². The maximum Gasteiger partial charge on any atom is 0.251 e. The Morgan fingerprint density at radius 3 is 2.16 bits per heavy atom. The van der Waals surface area contributed by atoms with Crippen LogP contribution in [0.5, 0.6) is 0 Å². The molecular formula is C14H19ClN2O2. The second kappa shape index (κ2) is 7.26. The molecule has 2 rings (SSSR count). The van der Waals surface area contributed by atoms with Gasteiger partial charge in [-0.25, -0.2) is 0 Å². The predicted molar refractivity (Wildman–Crippen MR) is 77.1 cm³/mol. The summed E-state index contributed by atoms with van der Waals surface area (Å²) in [6.07, 6.45) is 1.94. The van der Waals surface area contributed by atoms with Crippen LogP contribution >= 0.6 is 12.4 Å². The van der Waals surface area contributed by atoms with E-state index >= 15 is 0 Å². The molecule has 1 fully saturated rings. The number of carbonyl (C=O) groups is 2. The van der Waals surface area contributed by atoms with Gasteiger partial charge in [0, 0.05) is 17.2 Å².